The van der Waals surface area contributed by atoms with Crippen LogP contribution in [0.3, 0.4) is 0 Å². The third-order valence-corrected chi connectivity index (χ3v) is 3.39. The first kappa shape index (κ1) is 12.3. The standard InChI is InChI=1S/C13H16BrN3/c1-9-3-5-10(6-4-9)12-13(14)16-11(7-8-15)17(12)2/h3-6H,7-8,15H2,1-2H3. The van der Waals surface area contributed by atoms with Gasteiger partial charge in [0.1, 0.15) is 10.4 Å². The molecule has 0 bridgehead atoms. The number of hydrogen-bond acceptors (Lipinski definition) is 2. The van der Waals surface area contributed by atoms with E-state index in [-0.39, 0.29) is 0 Å². The number of rotatable bonds is 3. The molecule has 0 aliphatic carbocycles. The van der Waals surface area contributed by atoms with E-state index in [1.165, 1.54) is 11.1 Å². The highest BCUT2D eigenvalue weighted by Gasteiger charge is 2.13. The Morgan fingerprint density at radius 1 is 1.29 bits per heavy atom. The fraction of sp³-hybridized carbons (Fsp3) is 0.308. The van der Waals surface area contributed by atoms with Crippen LogP contribution in [0.1, 0.15) is 11.4 Å². The lowest BCUT2D eigenvalue weighted by Crippen LogP contribution is -2.08. The summed E-state index contributed by atoms with van der Waals surface area (Å²) in [5.74, 6) is 1.01. The molecule has 0 unspecified atom stereocenters. The fourth-order valence-electron chi connectivity index (χ4n) is 1.89. The van der Waals surface area contributed by atoms with E-state index in [4.69, 9.17) is 5.73 Å². The average Bonchev–Trinajstić information content (AvgIpc) is 2.57. The van der Waals surface area contributed by atoms with E-state index in [9.17, 15) is 0 Å². The van der Waals surface area contributed by atoms with Crippen LogP contribution < -0.4 is 5.73 Å². The lowest BCUT2D eigenvalue weighted by atomic mass is 10.1. The van der Waals surface area contributed by atoms with Crippen LogP contribution in [0.25, 0.3) is 11.3 Å². The van der Waals surface area contributed by atoms with Gasteiger partial charge in [-0.25, -0.2) is 4.98 Å². The molecule has 0 spiro atoms. The van der Waals surface area contributed by atoms with Crippen molar-refractivity contribution in [2.75, 3.05) is 6.54 Å². The minimum Gasteiger partial charge on any atom is -0.330 e. The van der Waals surface area contributed by atoms with E-state index in [0.29, 0.717) is 6.54 Å². The molecule has 0 fully saturated rings. The average molecular weight is 294 g/mol. The molecule has 90 valence electrons. The van der Waals surface area contributed by atoms with E-state index in [1.807, 2.05) is 7.05 Å². The fourth-order valence-corrected chi connectivity index (χ4v) is 2.59. The first-order valence-electron chi connectivity index (χ1n) is 5.61. The molecule has 0 atom stereocenters. The molecule has 0 aliphatic heterocycles. The number of nitrogens with two attached hydrogens (primary N) is 1. The van der Waals surface area contributed by atoms with Crippen LogP contribution in [0.2, 0.25) is 0 Å². The van der Waals surface area contributed by atoms with Gasteiger partial charge in [-0.05, 0) is 29.4 Å². The van der Waals surface area contributed by atoms with Gasteiger partial charge in [0.25, 0.3) is 0 Å². The van der Waals surface area contributed by atoms with Crippen molar-refractivity contribution >= 4 is 15.9 Å². The highest BCUT2D eigenvalue weighted by atomic mass is 79.9. The summed E-state index contributed by atoms with van der Waals surface area (Å²) in [6.07, 6.45) is 0.793. The van der Waals surface area contributed by atoms with Crippen molar-refractivity contribution in [2.45, 2.75) is 13.3 Å². The molecule has 0 saturated heterocycles. The zero-order valence-corrected chi connectivity index (χ0v) is 11.7. The Balaban J connectivity index is 2.48. The number of hydrogen-bond donors (Lipinski definition) is 1. The van der Waals surface area contributed by atoms with Crippen molar-refractivity contribution in [2.24, 2.45) is 12.8 Å². The Morgan fingerprint density at radius 2 is 1.94 bits per heavy atom. The summed E-state index contributed by atoms with van der Waals surface area (Å²) in [6, 6.07) is 8.45. The largest absolute Gasteiger partial charge is 0.330 e. The molecular formula is C13H16BrN3. The molecule has 2 N–H and O–H groups in total. The number of benzene rings is 1. The Morgan fingerprint density at radius 3 is 2.53 bits per heavy atom. The van der Waals surface area contributed by atoms with Crippen molar-refractivity contribution in [3.63, 3.8) is 0 Å². The topological polar surface area (TPSA) is 43.8 Å². The van der Waals surface area contributed by atoms with E-state index < -0.39 is 0 Å². The second-order valence-electron chi connectivity index (χ2n) is 4.13. The Labute approximate surface area is 110 Å². The number of aryl methyl sites for hydroxylation is 1. The summed E-state index contributed by atoms with van der Waals surface area (Å²) in [5, 5.41) is 0. The molecule has 1 heterocycles. The maximum absolute atomic E-state index is 5.58. The van der Waals surface area contributed by atoms with Gasteiger partial charge in [0.05, 0.1) is 5.69 Å². The van der Waals surface area contributed by atoms with Crippen LogP contribution in [0.15, 0.2) is 28.9 Å². The number of halogens is 1. The van der Waals surface area contributed by atoms with Gasteiger partial charge in [-0.15, -0.1) is 0 Å². The summed E-state index contributed by atoms with van der Waals surface area (Å²) in [7, 11) is 2.03. The minimum atomic E-state index is 0.616. The number of aromatic nitrogens is 2. The molecule has 3 nitrogen and oxygen atoms in total. The summed E-state index contributed by atoms with van der Waals surface area (Å²) < 4.78 is 2.98. The normalized spacial score (nSPS) is 10.8. The van der Waals surface area contributed by atoms with Crippen molar-refractivity contribution in [3.05, 3.63) is 40.3 Å². The number of imidazole rings is 1. The van der Waals surface area contributed by atoms with E-state index in [0.717, 1.165) is 22.5 Å². The maximum atomic E-state index is 5.58. The van der Waals surface area contributed by atoms with Crippen LogP contribution >= 0.6 is 15.9 Å². The van der Waals surface area contributed by atoms with Crippen LogP contribution in [0, 0.1) is 6.92 Å². The predicted octanol–water partition coefficient (Wildman–Crippen LogP) is 2.66. The van der Waals surface area contributed by atoms with Crippen molar-refractivity contribution in [1.29, 1.82) is 0 Å². The molecule has 2 aromatic rings. The minimum absolute atomic E-state index is 0.616. The number of nitrogens with zero attached hydrogens (tertiary/aromatic N) is 2. The van der Waals surface area contributed by atoms with E-state index >= 15 is 0 Å². The monoisotopic (exact) mass is 293 g/mol. The lowest BCUT2D eigenvalue weighted by Gasteiger charge is -2.06. The van der Waals surface area contributed by atoms with Gasteiger partial charge in [0, 0.05) is 19.0 Å². The van der Waals surface area contributed by atoms with Crippen molar-refractivity contribution in [3.8, 4) is 11.3 Å². The molecule has 0 saturated carbocycles. The Bertz CT molecular complexity index is 514. The van der Waals surface area contributed by atoms with Gasteiger partial charge in [-0.1, -0.05) is 29.8 Å². The first-order chi connectivity index (χ1) is 8.13. The van der Waals surface area contributed by atoms with Gasteiger partial charge in [-0.3, -0.25) is 0 Å². The Kier molecular flexibility index (Phi) is 3.64. The van der Waals surface area contributed by atoms with Gasteiger partial charge < -0.3 is 10.3 Å². The van der Waals surface area contributed by atoms with Crippen LogP contribution in [-0.4, -0.2) is 16.1 Å². The summed E-state index contributed by atoms with van der Waals surface area (Å²) in [5.41, 5.74) is 9.11. The van der Waals surface area contributed by atoms with Gasteiger partial charge in [-0.2, -0.15) is 0 Å². The second-order valence-corrected chi connectivity index (χ2v) is 4.88. The third kappa shape index (κ3) is 2.42. The smallest absolute Gasteiger partial charge is 0.132 e. The third-order valence-electron chi connectivity index (χ3n) is 2.84. The first-order valence-corrected chi connectivity index (χ1v) is 6.41. The quantitative estimate of drug-likeness (QED) is 0.945. The van der Waals surface area contributed by atoms with E-state index in [2.05, 4.69) is 56.7 Å². The van der Waals surface area contributed by atoms with Crippen molar-refractivity contribution in [1.82, 2.24) is 9.55 Å². The zero-order valence-electron chi connectivity index (χ0n) is 10.1. The maximum Gasteiger partial charge on any atom is 0.132 e. The van der Waals surface area contributed by atoms with E-state index in [1.54, 1.807) is 0 Å². The van der Waals surface area contributed by atoms with Crippen LogP contribution in [0.4, 0.5) is 0 Å². The molecule has 4 heteroatoms. The highest BCUT2D eigenvalue weighted by molar-refractivity contribution is 9.10. The lowest BCUT2D eigenvalue weighted by molar-refractivity contribution is 0.782. The van der Waals surface area contributed by atoms with Crippen molar-refractivity contribution < 1.29 is 0 Å². The second kappa shape index (κ2) is 5.02. The molecule has 0 amide bonds. The summed E-state index contributed by atoms with van der Waals surface area (Å²) in [4.78, 5) is 4.50. The zero-order chi connectivity index (χ0) is 12.4. The van der Waals surface area contributed by atoms with Crippen LogP contribution in [-0.2, 0) is 13.5 Å². The van der Waals surface area contributed by atoms with Gasteiger partial charge in [0.2, 0.25) is 0 Å². The molecular weight excluding hydrogens is 278 g/mol. The molecule has 1 aromatic heterocycles. The molecule has 2 rings (SSSR count). The predicted molar refractivity (Wildman–Crippen MR) is 73.8 cm³/mol. The summed E-state index contributed by atoms with van der Waals surface area (Å²) in [6.45, 7) is 2.70. The SMILES string of the molecule is Cc1ccc(-c2c(Br)nc(CCN)n2C)cc1. The van der Waals surface area contributed by atoms with Crippen LogP contribution in [0.5, 0.6) is 0 Å². The molecule has 17 heavy (non-hydrogen) atoms. The molecule has 0 aliphatic rings. The summed E-state index contributed by atoms with van der Waals surface area (Å²) >= 11 is 3.52. The highest BCUT2D eigenvalue weighted by Crippen LogP contribution is 2.28. The van der Waals surface area contributed by atoms with Gasteiger partial charge in [0.15, 0.2) is 0 Å². The molecule has 0 radical (unpaired) electrons. The Hall–Kier alpha value is -1.13. The molecule has 1 aromatic carbocycles. The van der Waals surface area contributed by atoms with Gasteiger partial charge >= 0.3 is 0 Å².